The number of aliphatic imine (C=N–C) groups is 1. The van der Waals surface area contributed by atoms with Crippen molar-refractivity contribution in [2.45, 2.75) is 6.42 Å². The summed E-state index contributed by atoms with van der Waals surface area (Å²) in [6.07, 6.45) is 5.57. The van der Waals surface area contributed by atoms with Crippen LogP contribution in [0.5, 0.6) is 0 Å². The van der Waals surface area contributed by atoms with Crippen LogP contribution in [-0.4, -0.2) is 48.8 Å². The van der Waals surface area contributed by atoms with Crippen LogP contribution in [0.2, 0.25) is 0 Å². The number of fused-ring (bicyclic) bond motifs is 1. The van der Waals surface area contributed by atoms with Crippen LogP contribution in [-0.2, 0) is 4.79 Å². The van der Waals surface area contributed by atoms with E-state index < -0.39 is 0 Å². The third-order valence-corrected chi connectivity index (χ3v) is 2.85. The van der Waals surface area contributed by atoms with Crippen molar-refractivity contribution in [3.8, 4) is 0 Å². The minimum absolute atomic E-state index is 0.170. The van der Waals surface area contributed by atoms with Crippen molar-refractivity contribution in [3.63, 3.8) is 0 Å². The molecule has 2 rings (SSSR count). The zero-order valence-electron chi connectivity index (χ0n) is 10.4. The van der Waals surface area contributed by atoms with Crippen molar-refractivity contribution in [1.29, 1.82) is 0 Å². The molecule has 0 aromatic rings. The largest absolute Gasteiger partial charge is 0.504 e. The van der Waals surface area contributed by atoms with Crippen molar-refractivity contribution >= 4 is 11.5 Å². The number of hydrogen-bond acceptors (Lipinski definition) is 3. The number of aliphatic hydroxyl groups excluding tert-OH is 1. The summed E-state index contributed by atoms with van der Waals surface area (Å²) < 4.78 is 0.838. The van der Waals surface area contributed by atoms with Crippen LogP contribution in [0.4, 0.5) is 0 Å². The Morgan fingerprint density at radius 3 is 2.65 bits per heavy atom. The summed E-state index contributed by atoms with van der Waals surface area (Å²) in [6, 6.07) is 0. The van der Waals surface area contributed by atoms with Gasteiger partial charge in [0.05, 0.1) is 39.0 Å². The van der Waals surface area contributed by atoms with Crippen molar-refractivity contribution in [3.05, 3.63) is 35.3 Å². The van der Waals surface area contributed by atoms with Gasteiger partial charge in [-0.1, -0.05) is 0 Å². The molecular formula is C13H17N2O2+. The quantitative estimate of drug-likeness (QED) is 0.591. The molecule has 0 unspecified atom stereocenters. The maximum absolute atomic E-state index is 11.4. The van der Waals surface area contributed by atoms with Gasteiger partial charge in [-0.05, 0) is 17.7 Å². The number of aliphatic hydroxyl groups is 1. The molecule has 0 amide bonds. The van der Waals surface area contributed by atoms with Crippen LogP contribution in [0, 0.1) is 0 Å². The molecule has 4 heteroatoms. The molecule has 0 spiro atoms. The lowest BCUT2D eigenvalue weighted by molar-refractivity contribution is -0.870. The highest BCUT2D eigenvalue weighted by Crippen LogP contribution is 2.28. The molecule has 2 aliphatic rings. The van der Waals surface area contributed by atoms with E-state index in [1.165, 1.54) is 6.08 Å². The molecule has 0 fully saturated rings. The predicted molar refractivity (Wildman–Crippen MR) is 66.8 cm³/mol. The molecule has 1 aliphatic carbocycles. The van der Waals surface area contributed by atoms with Gasteiger partial charge >= 0.3 is 0 Å². The fourth-order valence-electron chi connectivity index (χ4n) is 1.84. The molecule has 0 saturated carbocycles. The van der Waals surface area contributed by atoms with Gasteiger partial charge in [-0.25, -0.2) is 0 Å². The van der Waals surface area contributed by atoms with Gasteiger partial charge in [0, 0.05) is 12.6 Å². The first-order valence-corrected chi connectivity index (χ1v) is 5.62. The SMILES string of the molecule is C[N+](C)(C)CCC1=CN=C2C=CC(=O)C(O)=C12. The Labute approximate surface area is 101 Å². The number of quaternary nitrogens is 1. The Morgan fingerprint density at radius 1 is 1.29 bits per heavy atom. The topological polar surface area (TPSA) is 49.7 Å². The molecule has 0 saturated heterocycles. The lowest BCUT2D eigenvalue weighted by Crippen LogP contribution is -2.35. The van der Waals surface area contributed by atoms with Gasteiger partial charge in [0.2, 0.25) is 5.78 Å². The molecule has 1 heterocycles. The van der Waals surface area contributed by atoms with Gasteiger partial charge in [0.15, 0.2) is 5.76 Å². The Kier molecular flexibility index (Phi) is 2.75. The zero-order valence-corrected chi connectivity index (χ0v) is 10.4. The third-order valence-electron chi connectivity index (χ3n) is 2.85. The molecular weight excluding hydrogens is 216 g/mol. The van der Waals surface area contributed by atoms with Gasteiger partial charge in [-0.2, -0.15) is 0 Å². The van der Waals surface area contributed by atoms with E-state index in [4.69, 9.17) is 0 Å². The lowest BCUT2D eigenvalue weighted by atomic mass is 9.94. The zero-order chi connectivity index (χ0) is 12.6. The van der Waals surface area contributed by atoms with Gasteiger partial charge < -0.3 is 9.59 Å². The molecule has 4 nitrogen and oxygen atoms in total. The Bertz CT molecular complexity index is 488. The van der Waals surface area contributed by atoms with Gasteiger partial charge in [-0.3, -0.25) is 9.79 Å². The molecule has 90 valence electrons. The molecule has 0 radical (unpaired) electrons. The summed E-state index contributed by atoms with van der Waals surface area (Å²) in [7, 11) is 6.33. The van der Waals surface area contributed by atoms with Gasteiger partial charge in [-0.15, -0.1) is 0 Å². The molecule has 0 bridgehead atoms. The second-order valence-corrected chi connectivity index (χ2v) is 5.35. The minimum atomic E-state index is -0.336. The van der Waals surface area contributed by atoms with Crippen LogP contribution in [0.3, 0.4) is 0 Å². The fraction of sp³-hybridized carbons (Fsp3) is 0.385. The molecule has 1 aliphatic heterocycles. The Hall–Kier alpha value is -1.68. The normalized spacial score (nSPS) is 19.4. The second-order valence-electron chi connectivity index (χ2n) is 5.35. The number of nitrogens with zero attached hydrogens (tertiary/aromatic N) is 2. The first-order chi connectivity index (χ1) is 7.88. The maximum Gasteiger partial charge on any atom is 0.220 e. The van der Waals surface area contributed by atoms with Crippen LogP contribution >= 0.6 is 0 Å². The van der Waals surface area contributed by atoms with Gasteiger partial charge in [0.25, 0.3) is 0 Å². The first kappa shape index (κ1) is 11.8. The lowest BCUT2D eigenvalue weighted by Gasteiger charge is -2.24. The van der Waals surface area contributed by atoms with Crippen molar-refractivity contribution < 1.29 is 14.4 Å². The predicted octanol–water partition coefficient (Wildman–Crippen LogP) is 1.37. The second kappa shape index (κ2) is 3.96. The van der Waals surface area contributed by atoms with E-state index in [9.17, 15) is 9.90 Å². The van der Waals surface area contributed by atoms with E-state index in [1.54, 1.807) is 12.3 Å². The van der Waals surface area contributed by atoms with Crippen LogP contribution in [0.15, 0.2) is 40.2 Å². The highest BCUT2D eigenvalue weighted by atomic mass is 16.3. The number of carbonyl (C=O) groups excluding carboxylic acids is 1. The smallest absolute Gasteiger partial charge is 0.220 e. The summed E-state index contributed by atoms with van der Waals surface area (Å²) in [4.78, 5) is 15.6. The van der Waals surface area contributed by atoms with E-state index in [2.05, 4.69) is 26.1 Å². The third kappa shape index (κ3) is 2.36. The van der Waals surface area contributed by atoms with E-state index >= 15 is 0 Å². The molecule has 0 aromatic carbocycles. The minimum Gasteiger partial charge on any atom is -0.504 e. The average molecular weight is 233 g/mol. The Morgan fingerprint density at radius 2 is 2.00 bits per heavy atom. The van der Waals surface area contributed by atoms with Crippen LogP contribution in [0.1, 0.15) is 6.42 Å². The van der Waals surface area contributed by atoms with E-state index in [-0.39, 0.29) is 11.5 Å². The summed E-state index contributed by atoms with van der Waals surface area (Å²) in [6.45, 7) is 0.934. The fourth-order valence-corrected chi connectivity index (χ4v) is 1.84. The summed E-state index contributed by atoms with van der Waals surface area (Å²) in [5.41, 5.74) is 2.26. The number of hydrogen-bond donors (Lipinski definition) is 1. The van der Waals surface area contributed by atoms with Crippen LogP contribution < -0.4 is 0 Å². The summed E-state index contributed by atoms with van der Waals surface area (Å²) in [5, 5.41) is 9.80. The summed E-state index contributed by atoms with van der Waals surface area (Å²) >= 11 is 0. The first-order valence-electron chi connectivity index (χ1n) is 5.62. The van der Waals surface area contributed by atoms with Crippen molar-refractivity contribution in [2.75, 3.05) is 27.7 Å². The molecule has 1 N–H and O–H groups in total. The molecule has 0 aromatic heterocycles. The van der Waals surface area contributed by atoms with Gasteiger partial charge in [0.1, 0.15) is 0 Å². The maximum atomic E-state index is 11.4. The number of allylic oxidation sites excluding steroid dienone is 3. The molecule has 17 heavy (non-hydrogen) atoms. The highest BCUT2D eigenvalue weighted by molar-refractivity contribution is 6.24. The monoisotopic (exact) mass is 233 g/mol. The van der Waals surface area contributed by atoms with Crippen molar-refractivity contribution in [2.24, 2.45) is 4.99 Å². The van der Waals surface area contributed by atoms with Crippen LogP contribution in [0.25, 0.3) is 0 Å². The van der Waals surface area contributed by atoms with E-state index in [1.807, 2.05) is 0 Å². The standard InChI is InChI=1S/C13H16N2O2/c1-15(2,3)7-6-9-8-14-10-4-5-11(16)13(17)12(9)10/h4-5,8H,6-7H2,1-3H3/p+1. The molecule has 0 atom stereocenters. The number of carbonyl (C=O) groups is 1. The summed E-state index contributed by atoms with van der Waals surface area (Å²) in [5.74, 6) is -0.506. The van der Waals surface area contributed by atoms with E-state index in [0.29, 0.717) is 11.3 Å². The Balaban J connectivity index is 2.19. The highest BCUT2D eigenvalue weighted by Gasteiger charge is 2.27. The van der Waals surface area contributed by atoms with E-state index in [0.717, 1.165) is 23.0 Å². The number of rotatable bonds is 3. The van der Waals surface area contributed by atoms with Crippen molar-refractivity contribution in [1.82, 2.24) is 0 Å². The average Bonchev–Trinajstić information content (AvgIpc) is 2.63. The number of ketones is 1.